The molecule has 3 aromatic carbocycles. The standard InChI is InChI=1S/C21H17BrN2O/c22-17-9-6-16(7-10-17)8-15-21(25)24-20-13-11-19(12-14-20)23-18-4-2-1-3-5-18/h1-15,23H,(H,24,25). The van der Waals surface area contributed by atoms with Crippen molar-refractivity contribution in [2.75, 3.05) is 10.6 Å². The zero-order chi connectivity index (χ0) is 17.5. The lowest BCUT2D eigenvalue weighted by Crippen LogP contribution is -2.07. The van der Waals surface area contributed by atoms with Crippen LogP contribution in [0.25, 0.3) is 6.08 Å². The summed E-state index contributed by atoms with van der Waals surface area (Å²) in [6.45, 7) is 0. The van der Waals surface area contributed by atoms with Gasteiger partial charge in [-0.2, -0.15) is 0 Å². The van der Waals surface area contributed by atoms with Crippen molar-refractivity contribution >= 4 is 45.0 Å². The van der Waals surface area contributed by atoms with Crippen molar-refractivity contribution in [3.05, 3.63) is 95.0 Å². The molecule has 124 valence electrons. The summed E-state index contributed by atoms with van der Waals surface area (Å²) in [6, 6.07) is 25.3. The lowest BCUT2D eigenvalue weighted by atomic mass is 10.2. The van der Waals surface area contributed by atoms with E-state index >= 15 is 0 Å². The summed E-state index contributed by atoms with van der Waals surface area (Å²) in [5.74, 6) is -0.160. The second kappa shape index (κ2) is 8.31. The molecule has 0 heterocycles. The molecule has 25 heavy (non-hydrogen) atoms. The van der Waals surface area contributed by atoms with Gasteiger partial charge < -0.3 is 10.6 Å². The average molecular weight is 393 g/mol. The summed E-state index contributed by atoms with van der Waals surface area (Å²) in [5.41, 5.74) is 3.72. The molecule has 0 aliphatic carbocycles. The predicted molar refractivity (Wildman–Crippen MR) is 108 cm³/mol. The van der Waals surface area contributed by atoms with Gasteiger partial charge in [-0.05, 0) is 60.2 Å². The molecule has 3 nitrogen and oxygen atoms in total. The molecule has 0 unspecified atom stereocenters. The Bertz CT molecular complexity index is 857. The van der Waals surface area contributed by atoms with E-state index in [9.17, 15) is 4.79 Å². The van der Waals surface area contributed by atoms with E-state index in [1.807, 2.05) is 78.9 Å². The second-order valence-corrected chi connectivity index (χ2v) is 6.36. The highest BCUT2D eigenvalue weighted by atomic mass is 79.9. The van der Waals surface area contributed by atoms with Gasteiger partial charge in [-0.3, -0.25) is 4.79 Å². The van der Waals surface area contributed by atoms with E-state index in [0.29, 0.717) is 0 Å². The van der Waals surface area contributed by atoms with E-state index in [0.717, 1.165) is 27.1 Å². The first-order valence-corrected chi connectivity index (χ1v) is 8.65. The van der Waals surface area contributed by atoms with Crippen LogP contribution in [0.3, 0.4) is 0 Å². The first-order chi connectivity index (χ1) is 12.2. The van der Waals surface area contributed by atoms with Crippen molar-refractivity contribution in [3.63, 3.8) is 0 Å². The molecule has 0 spiro atoms. The molecule has 0 aromatic heterocycles. The minimum absolute atomic E-state index is 0.160. The molecule has 0 bridgehead atoms. The minimum atomic E-state index is -0.160. The molecule has 4 heteroatoms. The summed E-state index contributed by atoms with van der Waals surface area (Å²) in [7, 11) is 0. The topological polar surface area (TPSA) is 41.1 Å². The highest BCUT2D eigenvalue weighted by Gasteiger charge is 1.99. The zero-order valence-electron chi connectivity index (χ0n) is 13.4. The van der Waals surface area contributed by atoms with Crippen LogP contribution in [0.4, 0.5) is 17.1 Å². The van der Waals surface area contributed by atoms with Gasteiger partial charge in [-0.15, -0.1) is 0 Å². The Morgan fingerprint density at radius 2 is 1.36 bits per heavy atom. The quantitative estimate of drug-likeness (QED) is 0.535. The van der Waals surface area contributed by atoms with E-state index in [1.165, 1.54) is 6.08 Å². The van der Waals surface area contributed by atoms with Gasteiger partial charge in [0.15, 0.2) is 0 Å². The molecule has 3 aromatic rings. The number of amides is 1. The molecular weight excluding hydrogens is 376 g/mol. The van der Waals surface area contributed by atoms with Crippen molar-refractivity contribution in [1.82, 2.24) is 0 Å². The molecule has 0 saturated heterocycles. The summed E-state index contributed by atoms with van der Waals surface area (Å²) in [6.07, 6.45) is 3.31. The molecule has 0 radical (unpaired) electrons. The van der Waals surface area contributed by atoms with Gasteiger partial charge in [0, 0.05) is 27.6 Å². The Morgan fingerprint density at radius 3 is 2.04 bits per heavy atom. The highest BCUT2D eigenvalue weighted by Crippen LogP contribution is 2.18. The third-order valence-corrected chi connectivity index (χ3v) is 4.04. The molecule has 0 aliphatic heterocycles. The van der Waals surface area contributed by atoms with Crippen LogP contribution in [0.1, 0.15) is 5.56 Å². The van der Waals surface area contributed by atoms with Crippen molar-refractivity contribution in [2.24, 2.45) is 0 Å². The van der Waals surface area contributed by atoms with Crippen LogP contribution in [0, 0.1) is 0 Å². The SMILES string of the molecule is O=C(C=Cc1ccc(Br)cc1)Nc1ccc(Nc2ccccc2)cc1. The highest BCUT2D eigenvalue weighted by molar-refractivity contribution is 9.10. The predicted octanol–water partition coefficient (Wildman–Crippen LogP) is 5.84. The number of nitrogens with one attached hydrogen (secondary N) is 2. The number of benzene rings is 3. The Hall–Kier alpha value is -2.85. The van der Waals surface area contributed by atoms with Crippen LogP contribution in [-0.4, -0.2) is 5.91 Å². The maximum absolute atomic E-state index is 12.0. The molecule has 1 amide bonds. The fraction of sp³-hybridized carbons (Fsp3) is 0. The Kier molecular flexibility index (Phi) is 5.65. The molecule has 0 fully saturated rings. The third kappa shape index (κ3) is 5.33. The van der Waals surface area contributed by atoms with E-state index < -0.39 is 0 Å². The fourth-order valence-electron chi connectivity index (χ4n) is 2.25. The second-order valence-electron chi connectivity index (χ2n) is 5.44. The van der Waals surface area contributed by atoms with Crippen LogP contribution in [0.15, 0.2) is 89.4 Å². The molecule has 3 rings (SSSR count). The lowest BCUT2D eigenvalue weighted by Gasteiger charge is -2.07. The first-order valence-electron chi connectivity index (χ1n) is 7.86. The molecule has 0 saturated carbocycles. The maximum Gasteiger partial charge on any atom is 0.248 e. The van der Waals surface area contributed by atoms with Crippen LogP contribution < -0.4 is 10.6 Å². The number of rotatable bonds is 5. The lowest BCUT2D eigenvalue weighted by molar-refractivity contribution is -0.111. The van der Waals surface area contributed by atoms with Crippen LogP contribution >= 0.6 is 15.9 Å². The van der Waals surface area contributed by atoms with Crippen molar-refractivity contribution in [1.29, 1.82) is 0 Å². The summed E-state index contributed by atoms with van der Waals surface area (Å²) in [5, 5.41) is 6.16. The maximum atomic E-state index is 12.0. The van der Waals surface area contributed by atoms with Crippen LogP contribution in [0.2, 0.25) is 0 Å². The number of hydrogen-bond donors (Lipinski definition) is 2. The largest absolute Gasteiger partial charge is 0.356 e. The van der Waals surface area contributed by atoms with Crippen molar-refractivity contribution in [2.45, 2.75) is 0 Å². The van der Waals surface area contributed by atoms with Gasteiger partial charge in [0.05, 0.1) is 0 Å². The monoisotopic (exact) mass is 392 g/mol. The first kappa shape index (κ1) is 17.0. The van der Waals surface area contributed by atoms with E-state index in [1.54, 1.807) is 6.08 Å². The van der Waals surface area contributed by atoms with Gasteiger partial charge in [-0.1, -0.05) is 46.3 Å². The van der Waals surface area contributed by atoms with E-state index in [-0.39, 0.29) is 5.91 Å². The molecule has 0 atom stereocenters. The Labute approximate surface area is 155 Å². The molecule has 2 N–H and O–H groups in total. The summed E-state index contributed by atoms with van der Waals surface area (Å²) in [4.78, 5) is 12.0. The average Bonchev–Trinajstić information content (AvgIpc) is 2.64. The molecular formula is C21H17BrN2O. The third-order valence-electron chi connectivity index (χ3n) is 3.51. The number of para-hydroxylation sites is 1. The Balaban J connectivity index is 1.57. The molecule has 0 aliphatic rings. The Morgan fingerprint density at radius 1 is 0.760 bits per heavy atom. The van der Waals surface area contributed by atoms with Crippen molar-refractivity contribution in [3.8, 4) is 0 Å². The van der Waals surface area contributed by atoms with E-state index in [4.69, 9.17) is 0 Å². The zero-order valence-corrected chi connectivity index (χ0v) is 15.0. The summed E-state index contributed by atoms with van der Waals surface area (Å²) >= 11 is 3.39. The smallest absolute Gasteiger partial charge is 0.248 e. The number of carbonyl (C=O) groups excluding carboxylic acids is 1. The van der Waals surface area contributed by atoms with Crippen LogP contribution in [0.5, 0.6) is 0 Å². The van der Waals surface area contributed by atoms with Gasteiger partial charge in [0.25, 0.3) is 0 Å². The number of halogens is 1. The van der Waals surface area contributed by atoms with Gasteiger partial charge >= 0.3 is 0 Å². The van der Waals surface area contributed by atoms with Crippen molar-refractivity contribution < 1.29 is 4.79 Å². The van der Waals surface area contributed by atoms with Gasteiger partial charge in [-0.25, -0.2) is 0 Å². The number of anilines is 3. The van der Waals surface area contributed by atoms with Gasteiger partial charge in [0.1, 0.15) is 0 Å². The fourth-order valence-corrected chi connectivity index (χ4v) is 2.52. The van der Waals surface area contributed by atoms with Crippen LogP contribution in [-0.2, 0) is 4.79 Å². The number of hydrogen-bond acceptors (Lipinski definition) is 2. The normalized spacial score (nSPS) is 10.6. The van der Waals surface area contributed by atoms with E-state index in [2.05, 4.69) is 26.6 Å². The number of carbonyl (C=O) groups is 1. The van der Waals surface area contributed by atoms with Gasteiger partial charge in [0.2, 0.25) is 5.91 Å². The summed E-state index contributed by atoms with van der Waals surface area (Å²) < 4.78 is 1.01. The minimum Gasteiger partial charge on any atom is -0.356 e.